The normalized spacial score (nSPS) is 19.6. The van der Waals surface area contributed by atoms with Gasteiger partial charge < -0.3 is 15.0 Å². The van der Waals surface area contributed by atoms with E-state index in [9.17, 15) is 4.79 Å². The summed E-state index contributed by atoms with van der Waals surface area (Å²) >= 11 is 0. The molecule has 136 valence electrons. The molecule has 0 aromatic carbocycles. The second kappa shape index (κ2) is 8.94. The number of methoxy groups -OCH3 is 1. The highest BCUT2D eigenvalue weighted by Crippen LogP contribution is 2.24. The molecule has 6 heteroatoms. The summed E-state index contributed by atoms with van der Waals surface area (Å²) in [6.45, 7) is 3.07. The van der Waals surface area contributed by atoms with Gasteiger partial charge in [0.15, 0.2) is 0 Å². The summed E-state index contributed by atoms with van der Waals surface area (Å²) in [5, 5.41) is 3.39. The van der Waals surface area contributed by atoms with E-state index in [-0.39, 0.29) is 5.91 Å². The third kappa shape index (κ3) is 4.78. The fourth-order valence-corrected chi connectivity index (χ4v) is 3.57. The first kappa shape index (κ1) is 17.9. The predicted molar refractivity (Wildman–Crippen MR) is 97.5 cm³/mol. The quantitative estimate of drug-likeness (QED) is 0.607. The minimum absolute atomic E-state index is 0.270. The van der Waals surface area contributed by atoms with Crippen LogP contribution < -0.4 is 5.32 Å². The molecule has 6 nitrogen and oxygen atoms in total. The highest BCUT2D eigenvalue weighted by atomic mass is 16.5. The van der Waals surface area contributed by atoms with Crippen LogP contribution in [0.1, 0.15) is 36.9 Å². The van der Waals surface area contributed by atoms with Gasteiger partial charge in [-0.25, -0.2) is 9.97 Å². The van der Waals surface area contributed by atoms with Crippen LogP contribution >= 0.6 is 0 Å². The molecular weight excluding hydrogens is 316 g/mol. The molecule has 1 aliphatic heterocycles. The minimum atomic E-state index is 0.270. The molecule has 0 fully saturated rings. The van der Waals surface area contributed by atoms with Crippen molar-refractivity contribution in [3.05, 3.63) is 29.7 Å². The Kier molecular flexibility index (Phi) is 6.39. The summed E-state index contributed by atoms with van der Waals surface area (Å²) in [7, 11) is 1.71. The Morgan fingerprint density at radius 2 is 2.24 bits per heavy atom. The molecule has 1 aromatic rings. The standard InChI is InChI=1S/C19H28N4O2/c1-25-12-4-9-20-19-16-7-10-23(11-8-17(16)21-14-22-19)18(24)13-15-5-2-3-6-15/h2,5,14-15H,3-4,6-13H2,1H3,(H,20,21,22)/t15-/m1/s1. The van der Waals surface area contributed by atoms with E-state index >= 15 is 0 Å². The van der Waals surface area contributed by atoms with Crippen LogP contribution in [-0.4, -0.2) is 54.1 Å². The van der Waals surface area contributed by atoms with Crippen molar-refractivity contribution < 1.29 is 9.53 Å². The smallest absolute Gasteiger partial charge is 0.223 e. The van der Waals surface area contributed by atoms with Crippen molar-refractivity contribution in [3.63, 3.8) is 0 Å². The maximum Gasteiger partial charge on any atom is 0.223 e. The predicted octanol–water partition coefficient (Wildman–Crippen LogP) is 2.21. The molecule has 0 saturated heterocycles. The van der Waals surface area contributed by atoms with Crippen molar-refractivity contribution >= 4 is 11.7 Å². The minimum Gasteiger partial charge on any atom is -0.385 e. The highest BCUT2D eigenvalue weighted by Gasteiger charge is 2.23. The Balaban J connectivity index is 1.59. The van der Waals surface area contributed by atoms with Crippen LogP contribution in [0.15, 0.2) is 18.5 Å². The first-order valence-electron chi connectivity index (χ1n) is 9.28. The monoisotopic (exact) mass is 344 g/mol. The average Bonchev–Trinajstić information content (AvgIpc) is 3.02. The fourth-order valence-electron chi connectivity index (χ4n) is 3.57. The Morgan fingerprint density at radius 3 is 3.04 bits per heavy atom. The van der Waals surface area contributed by atoms with Gasteiger partial charge >= 0.3 is 0 Å². The number of rotatable bonds is 7. The Hall–Kier alpha value is -1.95. The topological polar surface area (TPSA) is 67.3 Å². The SMILES string of the molecule is COCCCNc1ncnc2c1CCN(C(=O)C[C@@H]1C=CCC1)CC2. The van der Waals surface area contributed by atoms with Crippen molar-refractivity contribution in [2.24, 2.45) is 5.92 Å². The summed E-state index contributed by atoms with van der Waals surface area (Å²) in [6.07, 6.45) is 11.4. The first-order valence-corrected chi connectivity index (χ1v) is 9.28. The molecule has 1 atom stereocenters. The van der Waals surface area contributed by atoms with E-state index in [0.29, 0.717) is 12.3 Å². The van der Waals surface area contributed by atoms with Gasteiger partial charge in [0, 0.05) is 51.8 Å². The number of hydrogen-bond acceptors (Lipinski definition) is 5. The molecule has 0 unspecified atom stereocenters. The number of aromatic nitrogens is 2. The molecule has 0 radical (unpaired) electrons. The molecule has 1 aromatic heterocycles. The number of carbonyl (C=O) groups is 1. The fraction of sp³-hybridized carbons (Fsp3) is 0.632. The van der Waals surface area contributed by atoms with Gasteiger partial charge in [-0.15, -0.1) is 0 Å². The van der Waals surface area contributed by atoms with Crippen LogP contribution in [0.5, 0.6) is 0 Å². The van der Waals surface area contributed by atoms with Crippen LogP contribution in [0, 0.1) is 5.92 Å². The zero-order chi connectivity index (χ0) is 17.5. The molecule has 3 rings (SSSR count). The molecule has 2 heterocycles. The molecule has 1 aliphatic carbocycles. The largest absolute Gasteiger partial charge is 0.385 e. The Morgan fingerprint density at radius 1 is 1.36 bits per heavy atom. The third-order valence-corrected chi connectivity index (χ3v) is 5.00. The molecule has 1 amide bonds. The van der Waals surface area contributed by atoms with Gasteiger partial charge in [0.25, 0.3) is 0 Å². The summed E-state index contributed by atoms with van der Waals surface area (Å²) in [6, 6.07) is 0. The van der Waals surface area contributed by atoms with Crippen molar-refractivity contribution in [1.82, 2.24) is 14.9 Å². The summed E-state index contributed by atoms with van der Waals surface area (Å²) in [4.78, 5) is 23.5. The van der Waals surface area contributed by atoms with Crippen molar-refractivity contribution in [2.75, 3.05) is 38.7 Å². The zero-order valence-corrected chi connectivity index (χ0v) is 15.0. The summed E-state index contributed by atoms with van der Waals surface area (Å²) < 4.78 is 5.09. The van der Waals surface area contributed by atoms with Crippen molar-refractivity contribution in [3.8, 4) is 0 Å². The lowest BCUT2D eigenvalue weighted by atomic mass is 10.0. The molecule has 25 heavy (non-hydrogen) atoms. The Labute approximate surface area is 149 Å². The van der Waals surface area contributed by atoms with E-state index in [2.05, 4.69) is 27.4 Å². The van der Waals surface area contributed by atoms with Crippen LogP contribution in [0.2, 0.25) is 0 Å². The van der Waals surface area contributed by atoms with E-state index in [4.69, 9.17) is 4.74 Å². The number of amides is 1. The lowest BCUT2D eigenvalue weighted by Gasteiger charge is -2.21. The molecule has 0 saturated carbocycles. The number of hydrogen-bond donors (Lipinski definition) is 1. The van der Waals surface area contributed by atoms with E-state index in [1.54, 1.807) is 13.4 Å². The van der Waals surface area contributed by atoms with Gasteiger partial charge in [-0.3, -0.25) is 4.79 Å². The molecule has 0 spiro atoms. The van der Waals surface area contributed by atoms with Crippen molar-refractivity contribution in [1.29, 1.82) is 0 Å². The van der Waals surface area contributed by atoms with Crippen LogP contribution in [0.3, 0.4) is 0 Å². The number of allylic oxidation sites excluding steroid dienone is 2. The first-order chi connectivity index (χ1) is 12.3. The maximum atomic E-state index is 12.6. The third-order valence-electron chi connectivity index (χ3n) is 5.00. The molecule has 1 N–H and O–H groups in total. The molecule has 2 aliphatic rings. The number of anilines is 1. The van der Waals surface area contributed by atoms with Gasteiger partial charge in [-0.1, -0.05) is 12.2 Å². The van der Waals surface area contributed by atoms with Gasteiger partial charge in [-0.05, 0) is 31.6 Å². The number of nitrogens with zero attached hydrogens (tertiary/aromatic N) is 3. The van der Waals surface area contributed by atoms with E-state index in [1.807, 2.05) is 4.90 Å². The second-order valence-corrected chi connectivity index (χ2v) is 6.77. The number of fused-ring (bicyclic) bond motifs is 1. The average molecular weight is 344 g/mol. The molecule has 0 bridgehead atoms. The zero-order valence-electron chi connectivity index (χ0n) is 15.0. The van der Waals surface area contributed by atoms with E-state index in [0.717, 1.165) is 75.4 Å². The van der Waals surface area contributed by atoms with Crippen molar-refractivity contribution in [2.45, 2.75) is 38.5 Å². The van der Waals surface area contributed by atoms with Gasteiger partial charge in [0.2, 0.25) is 5.91 Å². The van der Waals surface area contributed by atoms with E-state index < -0.39 is 0 Å². The van der Waals surface area contributed by atoms with Gasteiger partial charge in [0.05, 0.1) is 5.69 Å². The lowest BCUT2D eigenvalue weighted by molar-refractivity contribution is -0.131. The second-order valence-electron chi connectivity index (χ2n) is 6.77. The highest BCUT2D eigenvalue weighted by molar-refractivity contribution is 5.77. The summed E-state index contributed by atoms with van der Waals surface area (Å²) in [5.41, 5.74) is 2.23. The number of nitrogens with one attached hydrogen (secondary N) is 1. The maximum absolute atomic E-state index is 12.6. The van der Waals surface area contributed by atoms with E-state index in [1.165, 1.54) is 0 Å². The molecular formula is C19H28N4O2. The van der Waals surface area contributed by atoms with Crippen LogP contribution in [0.4, 0.5) is 5.82 Å². The Bertz CT molecular complexity index is 617. The number of ether oxygens (including phenoxy) is 1. The number of carbonyl (C=O) groups excluding carboxylic acids is 1. The van der Waals surface area contributed by atoms with Gasteiger partial charge in [0.1, 0.15) is 12.1 Å². The summed E-state index contributed by atoms with van der Waals surface area (Å²) in [5.74, 6) is 1.61. The van der Waals surface area contributed by atoms with Crippen LogP contribution in [0.25, 0.3) is 0 Å². The van der Waals surface area contributed by atoms with Gasteiger partial charge in [-0.2, -0.15) is 0 Å². The lowest BCUT2D eigenvalue weighted by Crippen LogP contribution is -2.34. The van der Waals surface area contributed by atoms with Crippen LogP contribution in [-0.2, 0) is 22.4 Å².